The number of sulfonamides is 1. The second-order valence-corrected chi connectivity index (χ2v) is 8.69. The average Bonchev–Trinajstić information content (AvgIpc) is 3.21. The van der Waals surface area contributed by atoms with Crippen LogP contribution in [0.4, 0.5) is 0 Å². The van der Waals surface area contributed by atoms with Gasteiger partial charge in [-0.1, -0.05) is 43.2 Å². The highest BCUT2D eigenvalue weighted by Crippen LogP contribution is 2.25. The lowest BCUT2D eigenvalue weighted by molar-refractivity contribution is 0.0937. The predicted molar refractivity (Wildman–Crippen MR) is 108 cm³/mol. The van der Waals surface area contributed by atoms with Gasteiger partial charge in [0.05, 0.1) is 7.11 Å². The van der Waals surface area contributed by atoms with Gasteiger partial charge in [-0.2, -0.15) is 0 Å². The van der Waals surface area contributed by atoms with Crippen LogP contribution in [0.2, 0.25) is 0 Å². The molecule has 1 saturated carbocycles. The quantitative estimate of drug-likeness (QED) is 0.711. The molecule has 2 aromatic rings. The number of benzene rings is 2. The third kappa shape index (κ3) is 5.11. The minimum absolute atomic E-state index is 0.0258. The Bertz CT molecular complexity index is 907. The summed E-state index contributed by atoms with van der Waals surface area (Å²) >= 11 is 0. The summed E-state index contributed by atoms with van der Waals surface area (Å²) in [4.78, 5) is 12.5. The zero-order valence-corrected chi connectivity index (χ0v) is 16.8. The van der Waals surface area contributed by atoms with Gasteiger partial charge in [0.15, 0.2) is 0 Å². The molecule has 0 bridgehead atoms. The lowest BCUT2D eigenvalue weighted by atomic mass is 10.1. The zero-order valence-electron chi connectivity index (χ0n) is 16.0. The van der Waals surface area contributed by atoms with Crippen LogP contribution in [0.15, 0.2) is 53.4 Å². The Morgan fingerprint density at radius 3 is 2.50 bits per heavy atom. The molecule has 1 aliphatic carbocycles. The third-order valence-corrected chi connectivity index (χ3v) is 6.44. The average molecular weight is 403 g/mol. The molecule has 150 valence electrons. The van der Waals surface area contributed by atoms with Crippen LogP contribution < -0.4 is 14.8 Å². The number of methoxy groups -OCH3 is 1. The summed E-state index contributed by atoms with van der Waals surface area (Å²) in [5.74, 6) is -0.0417. The maximum absolute atomic E-state index is 12.8. The molecule has 1 fully saturated rings. The molecule has 28 heavy (non-hydrogen) atoms. The van der Waals surface area contributed by atoms with Crippen molar-refractivity contribution in [2.45, 2.75) is 43.0 Å². The van der Waals surface area contributed by atoms with E-state index in [1.54, 1.807) is 6.07 Å². The Hall–Kier alpha value is -2.38. The number of ether oxygens (including phenoxy) is 1. The molecule has 0 aliphatic heterocycles. The van der Waals surface area contributed by atoms with E-state index in [1.165, 1.54) is 19.2 Å². The summed E-state index contributed by atoms with van der Waals surface area (Å²) in [6.45, 7) is 0.258. The van der Waals surface area contributed by atoms with E-state index in [-0.39, 0.29) is 29.1 Å². The fourth-order valence-corrected chi connectivity index (χ4v) is 4.64. The largest absolute Gasteiger partial charge is 0.495 e. The molecule has 0 unspecified atom stereocenters. The standard InChI is InChI=1S/C21H26N2O4S/c1-27-19-12-11-17(21(24)23-18-9-5-6-10-18)15-20(19)28(25,26)22-14-13-16-7-3-2-4-8-16/h2-4,7-8,11-12,15,18,22H,5-6,9-10,13-14H2,1H3,(H,23,24). The highest BCUT2D eigenvalue weighted by molar-refractivity contribution is 7.89. The Kier molecular flexibility index (Phi) is 6.70. The van der Waals surface area contributed by atoms with Gasteiger partial charge < -0.3 is 10.1 Å². The molecule has 0 spiro atoms. The van der Waals surface area contributed by atoms with Gasteiger partial charge in [-0.15, -0.1) is 0 Å². The molecule has 0 heterocycles. The van der Waals surface area contributed by atoms with E-state index in [2.05, 4.69) is 10.0 Å². The van der Waals surface area contributed by atoms with Gasteiger partial charge in [-0.05, 0) is 43.0 Å². The predicted octanol–water partition coefficient (Wildman–Crippen LogP) is 2.89. The van der Waals surface area contributed by atoms with Crippen LogP contribution in [-0.2, 0) is 16.4 Å². The summed E-state index contributed by atoms with van der Waals surface area (Å²) in [5, 5.41) is 2.98. The van der Waals surface area contributed by atoms with Gasteiger partial charge >= 0.3 is 0 Å². The lowest BCUT2D eigenvalue weighted by Gasteiger charge is -2.15. The van der Waals surface area contributed by atoms with Crippen molar-refractivity contribution in [3.05, 3.63) is 59.7 Å². The fourth-order valence-electron chi connectivity index (χ4n) is 3.42. The van der Waals surface area contributed by atoms with Crippen LogP contribution in [0.25, 0.3) is 0 Å². The van der Waals surface area contributed by atoms with E-state index in [1.807, 2.05) is 30.3 Å². The number of amides is 1. The van der Waals surface area contributed by atoms with E-state index >= 15 is 0 Å². The minimum atomic E-state index is -3.81. The Morgan fingerprint density at radius 1 is 1.11 bits per heavy atom. The van der Waals surface area contributed by atoms with Gasteiger partial charge in [0.1, 0.15) is 10.6 Å². The number of rotatable bonds is 8. The monoisotopic (exact) mass is 402 g/mol. The van der Waals surface area contributed by atoms with Crippen molar-refractivity contribution in [3.8, 4) is 5.75 Å². The first-order valence-electron chi connectivity index (χ1n) is 9.52. The van der Waals surface area contributed by atoms with E-state index in [0.29, 0.717) is 12.0 Å². The molecule has 0 aromatic heterocycles. The number of hydrogen-bond donors (Lipinski definition) is 2. The minimum Gasteiger partial charge on any atom is -0.495 e. The number of hydrogen-bond acceptors (Lipinski definition) is 4. The highest BCUT2D eigenvalue weighted by Gasteiger charge is 2.23. The summed E-state index contributed by atoms with van der Waals surface area (Å²) in [7, 11) is -2.40. The van der Waals surface area contributed by atoms with Crippen LogP contribution in [0.1, 0.15) is 41.6 Å². The Labute approximate surface area is 166 Å². The van der Waals surface area contributed by atoms with Crippen LogP contribution in [-0.4, -0.2) is 34.0 Å². The molecule has 2 aromatic carbocycles. The molecule has 0 saturated heterocycles. The second kappa shape index (κ2) is 9.21. The van der Waals surface area contributed by atoms with Crippen LogP contribution in [0, 0.1) is 0 Å². The number of carbonyl (C=O) groups is 1. The molecule has 7 heteroatoms. The highest BCUT2D eigenvalue weighted by atomic mass is 32.2. The van der Waals surface area contributed by atoms with Gasteiger partial charge in [0.2, 0.25) is 10.0 Å². The fraction of sp³-hybridized carbons (Fsp3) is 0.381. The van der Waals surface area contributed by atoms with Gasteiger partial charge in [0, 0.05) is 18.2 Å². The maximum Gasteiger partial charge on any atom is 0.251 e. The van der Waals surface area contributed by atoms with E-state index < -0.39 is 10.0 Å². The molecular formula is C21H26N2O4S. The first kappa shape index (κ1) is 20.4. The summed E-state index contributed by atoms with van der Waals surface area (Å²) in [5.41, 5.74) is 1.36. The molecule has 0 radical (unpaired) electrons. The van der Waals surface area contributed by atoms with Gasteiger partial charge in [-0.3, -0.25) is 4.79 Å². The van der Waals surface area contributed by atoms with E-state index in [9.17, 15) is 13.2 Å². The van der Waals surface area contributed by atoms with Crippen molar-refractivity contribution in [2.75, 3.05) is 13.7 Å². The number of carbonyl (C=O) groups excluding carboxylic acids is 1. The van der Waals surface area contributed by atoms with Crippen LogP contribution >= 0.6 is 0 Å². The molecular weight excluding hydrogens is 376 g/mol. The molecule has 1 aliphatic rings. The van der Waals surface area contributed by atoms with Crippen LogP contribution in [0.3, 0.4) is 0 Å². The van der Waals surface area contributed by atoms with Crippen molar-refractivity contribution in [1.29, 1.82) is 0 Å². The molecule has 0 atom stereocenters. The van der Waals surface area contributed by atoms with E-state index in [4.69, 9.17) is 4.74 Å². The van der Waals surface area contributed by atoms with Crippen molar-refractivity contribution < 1.29 is 17.9 Å². The molecule has 2 N–H and O–H groups in total. The molecule has 1 amide bonds. The smallest absolute Gasteiger partial charge is 0.251 e. The van der Waals surface area contributed by atoms with Gasteiger partial charge in [-0.25, -0.2) is 13.1 Å². The molecule has 3 rings (SSSR count). The van der Waals surface area contributed by atoms with Crippen molar-refractivity contribution in [1.82, 2.24) is 10.0 Å². The normalized spacial score (nSPS) is 14.8. The summed E-state index contributed by atoms with van der Waals surface area (Å²) in [6.07, 6.45) is 4.73. The van der Waals surface area contributed by atoms with Crippen molar-refractivity contribution in [3.63, 3.8) is 0 Å². The maximum atomic E-state index is 12.8. The summed E-state index contributed by atoms with van der Waals surface area (Å²) in [6, 6.07) is 14.3. The van der Waals surface area contributed by atoms with Crippen LogP contribution in [0.5, 0.6) is 5.75 Å². The van der Waals surface area contributed by atoms with Crippen molar-refractivity contribution in [2.24, 2.45) is 0 Å². The SMILES string of the molecule is COc1ccc(C(=O)NC2CCCC2)cc1S(=O)(=O)NCCc1ccccc1. The Balaban J connectivity index is 1.73. The van der Waals surface area contributed by atoms with E-state index in [0.717, 1.165) is 31.2 Å². The first-order chi connectivity index (χ1) is 13.5. The first-order valence-corrected chi connectivity index (χ1v) is 11.0. The Morgan fingerprint density at radius 2 is 1.82 bits per heavy atom. The third-order valence-electron chi connectivity index (χ3n) is 4.95. The number of nitrogens with one attached hydrogen (secondary N) is 2. The lowest BCUT2D eigenvalue weighted by Crippen LogP contribution is -2.33. The van der Waals surface area contributed by atoms with Gasteiger partial charge in [0.25, 0.3) is 5.91 Å². The topological polar surface area (TPSA) is 84.5 Å². The molecule has 6 nitrogen and oxygen atoms in total. The second-order valence-electron chi connectivity index (χ2n) is 6.95. The zero-order chi connectivity index (χ0) is 20.0. The summed E-state index contributed by atoms with van der Waals surface area (Å²) < 4.78 is 33.4. The van der Waals surface area contributed by atoms with Crippen molar-refractivity contribution >= 4 is 15.9 Å².